The predicted molar refractivity (Wildman–Crippen MR) is 110 cm³/mol. The van der Waals surface area contributed by atoms with Crippen LogP contribution in [0.4, 0.5) is 11.4 Å². The summed E-state index contributed by atoms with van der Waals surface area (Å²) in [7, 11) is 1.68. The molecule has 134 valence electrons. The smallest absolute Gasteiger partial charge is 0.142 e. The average Bonchev–Trinajstić information content (AvgIpc) is 3.15. The van der Waals surface area contributed by atoms with Crippen molar-refractivity contribution in [3.63, 3.8) is 0 Å². The molecular weight excluding hydrogens is 352 g/mol. The highest BCUT2D eigenvalue weighted by molar-refractivity contribution is 7.99. The van der Waals surface area contributed by atoms with Crippen molar-refractivity contribution < 1.29 is 4.74 Å². The Kier molecular flexibility index (Phi) is 5.40. The minimum absolute atomic E-state index is 0.285. The van der Waals surface area contributed by atoms with Gasteiger partial charge in [0.2, 0.25) is 0 Å². The third-order valence-corrected chi connectivity index (χ3v) is 5.89. The van der Waals surface area contributed by atoms with Crippen LogP contribution in [0.25, 0.3) is 0 Å². The highest BCUT2D eigenvalue weighted by Gasteiger charge is 2.57. The largest absolute Gasteiger partial charge is 0.495 e. The van der Waals surface area contributed by atoms with E-state index in [1.165, 1.54) is 5.56 Å². The number of anilines is 2. The zero-order valence-electron chi connectivity index (χ0n) is 15.1. The molecule has 2 unspecified atom stereocenters. The predicted octanol–water partition coefficient (Wildman–Crippen LogP) is 5.89. The van der Waals surface area contributed by atoms with Crippen LogP contribution in [-0.2, 0) is 0 Å². The van der Waals surface area contributed by atoms with Crippen LogP contribution in [0.3, 0.4) is 0 Å². The van der Waals surface area contributed by atoms with E-state index in [0.29, 0.717) is 16.9 Å². The molecule has 5 heteroatoms. The summed E-state index contributed by atoms with van der Waals surface area (Å²) < 4.78 is 8.69. The van der Waals surface area contributed by atoms with Gasteiger partial charge in [0, 0.05) is 23.5 Å². The van der Waals surface area contributed by atoms with Gasteiger partial charge in [-0.2, -0.15) is 0 Å². The van der Waals surface area contributed by atoms with Gasteiger partial charge < -0.3 is 14.8 Å². The van der Waals surface area contributed by atoms with Gasteiger partial charge in [0.15, 0.2) is 0 Å². The molecule has 1 aliphatic rings. The summed E-state index contributed by atoms with van der Waals surface area (Å²) in [5, 5.41) is 4.24. The molecule has 0 amide bonds. The molecule has 0 aliphatic heterocycles. The lowest BCUT2D eigenvalue weighted by Gasteiger charge is -2.12. The van der Waals surface area contributed by atoms with Crippen LogP contribution < -0.4 is 14.8 Å². The molecule has 2 atom stereocenters. The Hall–Kier alpha value is -1.52. The first-order chi connectivity index (χ1) is 12.0. The van der Waals surface area contributed by atoms with Gasteiger partial charge in [-0.15, -0.1) is 0 Å². The van der Waals surface area contributed by atoms with Crippen molar-refractivity contribution in [2.75, 3.05) is 29.9 Å². The fourth-order valence-corrected chi connectivity index (χ4v) is 4.25. The van der Waals surface area contributed by atoms with E-state index in [2.05, 4.69) is 48.2 Å². The Balaban J connectivity index is 1.68. The standard InChI is InChI=1S/C20H25ClN2OS/c1-20(2)16(12-22-17-11-14(21)7-10-18(17)24-3)19(20)13-5-8-15(9-6-13)23-25-4/h5-11,16,19,22-23H,12H2,1-4H3. The Morgan fingerprint density at radius 1 is 1.16 bits per heavy atom. The van der Waals surface area contributed by atoms with E-state index in [9.17, 15) is 0 Å². The van der Waals surface area contributed by atoms with Crippen LogP contribution in [0, 0.1) is 11.3 Å². The van der Waals surface area contributed by atoms with Gasteiger partial charge in [-0.05, 0) is 53.1 Å². The van der Waals surface area contributed by atoms with E-state index in [1.807, 2.05) is 24.5 Å². The minimum atomic E-state index is 0.285. The van der Waals surface area contributed by atoms with Gasteiger partial charge in [0.05, 0.1) is 12.8 Å². The van der Waals surface area contributed by atoms with Crippen LogP contribution >= 0.6 is 23.5 Å². The summed E-state index contributed by atoms with van der Waals surface area (Å²) in [5.41, 5.74) is 3.79. The molecule has 1 saturated carbocycles. The van der Waals surface area contributed by atoms with Gasteiger partial charge in [-0.1, -0.05) is 49.5 Å². The average molecular weight is 377 g/mol. The maximum atomic E-state index is 6.12. The summed E-state index contributed by atoms with van der Waals surface area (Å²) in [6.07, 6.45) is 2.03. The van der Waals surface area contributed by atoms with E-state index in [-0.39, 0.29) is 5.41 Å². The molecule has 0 aromatic heterocycles. The van der Waals surface area contributed by atoms with Gasteiger partial charge >= 0.3 is 0 Å². The topological polar surface area (TPSA) is 33.3 Å². The third-order valence-electron chi connectivity index (χ3n) is 5.21. The maximum Gasteiger partial charge on any atom is 0.142 e. The summed E-state index contributed by atoms with van der Waals surface area (Å²) in [5.74, 6) is 1.97. The number of nitrogens with one attached hydrogen (secondary N) is 2. The van der Waals surface area contributed by atoms with Crippen molar-refractivity contribution in [2.45, 2.75) is 19.8 Å². The second-order valence-electron chi connectivity index (χ2n) is 7.06. The summed E-state index contributed by atoms with van der Waals surface area (Å²) in [6.45, 7) is 5.58. The molecule has 1 fully saturated rings. The fourth-order valence-electron chi connectivity index (χ4n) is 3.70. The summed E-state index contributed by atoms with van der Waals surface area (Å²) in [6, 6.07) is 14.5. The van der Waals surface area contributed by atoms with Crippen molar-refractivity contribution in [2.24, 2.45) is 11.3 Å². The van der Waals surface area contributed by atoms with Gasteiger partial charge in [0.25, 0.3) is 0 Å². The van der Waals surface area contributed by atoms with E-state index >= 15 is 0 Å². The number of hydrogen-bond donors (Lipinski definition) is 2. The lowest BCUT2D eigenvalue weighted by atomic mass is 10.0. The van der Waals surface area contributed by atoms with Crippen LogP contribution in [-0.4, -0.2) is 19.9 Å². The first kappa shape index (κ1) is 18.3. The summed E-state index contributed by atoms with van der Waals surface area (Å²) >= 11 is 7.74. The van der Waals surface area contributed by atoms with Gasteiger partial charge in [-0.3, -0.25) is 0 Å². The molecule has 2 aromatic rings. The molecule has 1 aliphatic carbocycles. The van der Waals surface area contributed by atoms with Crippen molar-refractivity contribution in [1.82, 2.24) is 0 Å². The minimum Gasteiger partial charge on any atom is -0.495 e. The monoisotopic (exact) mass is 376 g/mol. The number of ether oxygens (including phenoxy) is 1. The highest BCUT2D eigenvalue weighted by atomic mass is 35.5. The fraction of sp³-hybridized carbons (Fsp3) is 0.400. The van der Waals surface area contributed by atoms with Crippen LogP contribution in [0.5, 0.6) is 5.75 Å². The number of rotatable bonds is 7. The third kappa shape index (κ3) is 3.85. The van der Waals surface area contributed by atoms with E-state index in [4.69, 9.17) is 16.3 Å². The molecular formula is C20H25ClN2OS. The normalized spacial score (nSPS) is 20.8. The zero-order chi connectivity index (χ0) is 18.0. The number of halogens is 1. The van der Waals surface area contributed by atoms with E-state index in [0.717, 1.165) is 23.7 Å². The molecule has 0 radical (unpaired) electrons. The van der Waals surface area contributed by atoms with Crippen molar-refractivity contribution >= 4 is 34.9 Å². The molecule has 25 heavy (non-hydrogen) atoms. The zero-order valence-corrected chi connectivity index (χ0v) is 16.7. The summed E-state index contributed by atoms with van der Waals surface area (Å²) in [4.78, 5) is 0. The molecule has 3 nitrogen and oxygen atoms in total. The Labute approximate surface area is 159 Å². The lowest BCUT2D eigenvalue weighted by Crippen LogP contribution is -2.08. The Morgan fingerprint density at radius 3 is 2.52 bits per heavy atom. The van der Waals surface area contributed by atoms with Gasteiger partial charge in [-0.25, -0.2) is 0 Å². The molecule has 0 spiro atoms. The molecule has 0 saturated heterocycles. The van der Waals surface area contributed by atoms with Crippen LogP contribution in [0.2, 0.25) is 5.02 Å². The first-order valence-corrected chi connectivity index (χ1v) is 10.0. The molecule has 0 heterocycles. The molecule has 2 aromatic carbocycles. The highest BCUT2D eigenvalue weighted by Crippen LogP contribution is 2.64. The van der Waals surface area contributed by atoms with E-state index < -0.39 is 0 Å². The van der Waals surface area contributed by atoms with Crippen molar-refractivity contribution in [3.05, 3.63) is 53.1 Å². The molecule has 2 N–H and O–H groups in total. The van der Waals surface area contributed by atoms with Crippen molar-refractivity contribution in [3.8, 4) is 5.75 Å². The Bertz CT molecular complexity index is 733. The second kappa shape index (κ2) is 7.38. The Morgan fingerprint density at radius 2 is 1.88 bits per heavy atom. The maximum absolute atomic E-state index is 6.12. The first-order valence-electron chi connectivity index (χ1n) is 8.43. The van der Waals surface area contributed by atoms with Gasteiger partial charge in [0.1, 0.15) is 5.75 Å². The number of benzene rings is 2. The lowest BCUT2D eigenvalue weighted by molar-refractivity contribution is 0.416. The second-order valence-corrected chi connectivity index (χ2v) is 8.11. The molecule has 0 bridgehead atoms. The number of methoxy groups -OCH3 is 1. The molecule has 3 rings (SSSR count). The van der Waals surface area contributed by atoms with Crippen molar-refractivity contribution in [1.29, 1.82) is 0 Å². The van der Waals surface area contributed by atoms with Crippen LogP contribution in [0.1, 0.15) is 25.3 Å². The SMILES string of the molecule is COc1ccc(Cl)cc1NCC1C(c2ccc(NSC)cc2)C1(C)C. The quantitative estimate of drug-likeness (QED) is 0.590. The van der Waals surface area contributed by atoms with Crippen LogP contribution in [0.15, 0.2) is 42.5 Å². The number of hydrogen-bond acceptors (Lipinski definition) is 4. The van der Waals surface area contributed by atoms with E-state index in [1.54, 1.807) is 19.1 Å².